The summed E-state index contributed by atoms with van der Waals surface area (Å²) in [4.78, 5) is 19.1. The molecular formula is C30H24F3N7O. The van der Waals surface area contributed by atoms with Gasteiger partial charge in [0.2, 0.25) is 0 Å². The quantitative estimate of drug-likeness (QED) is 0.253. The number of H-pyrrole nitrogens is 2. The number of halogens is 3. The molecule has 1 aliphatic rings. The molecule has 11 heteroatoms. The molecule has 1 saturated heterocycles. The van der Waals surface area contributed by atoms with Crippen LogP contribution in [0.1, 0.15) is 12.0 Å². The molecule has 0 saturated carbocycles. The summed E-state index contributed by atoms with van der Waals surface area (Å²) in [6, 6.07) is 15.9. The standard InChI is InChI=1S/C30H24F3N7O/c1-41-21-11-18(10-20(31)12-21)22-3-2-4-24-26(22)37-29(36-24)28-27-25(38-39-28)6-5-23(35-27)19-9-17(13-34-14-19)15-40-8-7-30(32,33)16-40/h2-6,9-14H,7-8,15-16H2,1H3,(H,36,37)(H,38,39). The molecule has 1 aliphatic heterocycles. The van der Waals surface area contributed by atoms with Crippen molar-refractivity contribution < 1.29 is 17.9 Å². The Bertz CT molecular complexity index is 1920. The minimum absolute atomic E-state index is 0.124. The van der Waals surface area contributed by atoms with Crippen LogP contribution >= 0.6 is 0 Å². The Balaban J connectivity index is 1.25. The van der Waals surface area contributed by atoms with Gasteiger partial charge in [-0.3, -0.25) is 15.0 Å². The van der Waals surface area contributed by atoms with Crippen molar-refractivity contribution in [3.05, 3.63) is 78.4 Å². The van der Waals surface area contributed by atoms with Gasteiger partial charge in [-0.15, -0.1) is 0 Å². The van der Waals surface area contributed by atoms with Gasteiger partial charge in [0, 0.05) is 49.1 Å². The lowest BCUT2D eigenvalue weighted by Crippen LogP contribution is -2.24. The van der Waals surface area contributed by atoms with Gasteiger partial charge in [-0.1, -0.05) is 12.1 Å². The topological polar surface area (TPSA) is 95.6 Å². The SMILES string of the molecule is COc1cc(F)cc(-c2cccc3[nH]c(-c4n[nH]c5ccc(-c6cncc(CN7CCC(F)(F)C7)c6)nc45)nc23)c1. The minimum Gasteiger partial charge on any atom is -0.497 e. The first-order valence-corrected chi connectivity index (χ1v) is 13.1. The number of imidazole rings is 1. The number of aromatic nitrogens is 6. The van der Waals surface area contributed by atoms with Crippen molar-refractivity contribution in [2.75, 3.05) is 20.2 Å². The van der Waals surface area contributed by atoms with E-state index in [2.05, 4.69) is 20.2 Å². The molecule has 5 heterocycles. The molecular weight excluding hydrogens is 531 g/mol. The second-order valence-corrected chi connectivity index (χ2v) is 10.2. The zero-order chi connectivity index (χ0) is 28.1. The van der Waals surface area contributed by atoms with Gasteiger partial charge in [0.25, 0.3) is 5.92 Å². The number of para-hydroxylation sites is 1. The molecule has 2 N–H and O–H groups in total. The molecule has 0 unspecified atom stereocenters. The van der Waals surface area contributed by atoms with Gasteiger partial charge in [0.1, 0.15) is 17.1 Å². The zero-order valence-electron chi connectivity index (χ0n) is 22.0. The van der Waals surface area contributed by atoms with Crippen molar-refractivity contribution in [3.63, 3.8) is 0 Å². The fourth-order valence-corrected chi connectivity index (χ4v) is 5.35. The zero-order valence-corrected chi connectivity index (χ0v) is 22.0. The molecule has 7 rings (SSSR count). The van der Waals surface area contributed by atoms with Crippen LogP contribution in [0.25, 0.3) is 56.0 Å². The molecule has 0 spiro atoms. The monoisotopic (exact) mass is 555 g/mol. The van der Waals surface area contributed by atoms with Crippen molar-refractivity contribution in [1.29, 1.82) is 0 Å². The summed E-state index contributed by atoms with van der Waals surface area (Å²) in [5.41, 5.74) is 6.96. The number of hydrogen-bond acceptors (Lipinski definition) is 6. The number of ether oxygens (including phenoxy) is 1. The number of methoxy groups -OCH3 is 1. The van der Waals surface area contributed by atoms with Crippen LogP contribution in [0.3, 0.4) is 0 Å². The fraction of sp³-hybridized carbons (Fsp3) is 0.200. The van der Waals surface area contributed by atoms with Crippen molar-refractivity contribution in [2.24, 2.45) is 0 Å². The Morgan fingerprint density at radius 3 is 2.71 bits per heavy atom. The second-order valence-electron chi connectivity index (χ2n) is 10.2. The number of likely N-dealkylation sites (tertiary alicyclic amines) is 1. The third kappa shape index (κ3) is 4.78. The smallest absolute Gasteiger partial charge is 0.261 e. The summed E-state index contributed by atoms with van der Waals surface area (Å²) in [5, 5.41) is 7.50. The summed E-state index contributed by atoms with van der Waals surface area (Å²) in [6.07, 6.45) is 3.28. The van der Waals surface area contributed by atoms with E-state index in [1.54, 1.807) is 23.4 Å². The van der Waals surface area contributed by atoms with E-state index in [9.17, 15) is 13.2 Å². The van der Waals surface area contributed by atoms with Gasteiger partial charge < -0.3 is 9.72 Å². The summed E-state index contributed by atoms with van der Waals surface area (Å²) >= 11 is 0. The van der Waals surface area contributed by atoms with Crippen molar-refractivity contribution >= 4 is 22.1 Å². The number of pyridine rings is 2. The molecule has 0 amide bonds. The molecule has 6 aromatic rings. The largest absolute Gasteiger partial charge is 0.497 e. The molecule has 41 heavy (non-hydrogen) atoms. The number of fused-ring (bicyclic) bond motifs is 2. The maximum atomic E-state index is 14.3. The summed E-state index contributed by atoms with van der Waals surface area (Å²) < 4.78 is 46.8. The van der Waals surface area contributed by atoms with Gasteiger partial charge in [0.05, 0.1) is 35.9 Å². The van der Waals surface area contributed by atoms with Crippen LogP contribution in [0.15, 0.2) is 67.0 Å². The summed E-state index contributed by atoms with van der Waals surface area (Å²) in [5.74, 6) is -2.12. The van der Waals surface area contributed by atoms with E-state index < -0.39 is 11.7 Å². The number of alkyl halides is 2. The lowest BCUT2D eigenvalue weighted by atomic mass is 10.0. The normalized spacial score (nSPS) is 15.2. The van der Waals surface area contributed by atoms with Crippen LogP contribution in [0.5, 0.6) is 5.75 Å². The average molecular weight is 556 g/mol. The summed E-state index contributed by atoms with van der Waals surface area (Å²) in [7, 11) is 1.50. The predicted molar refractivity (Wildman–Crippen MR) is 149 cm³/mol. The number of benzene rings is 2. The molecule has 4 aromatic heterocycles. The van der Waals surface area contributed by atoms with Gasteiger partial charge in [-0.25, -0.2) is 23.1 Å². The molecule has 2 aromatic carbocycles. The first-order valence-electron chi connectivity index (χ1n) is 13.1. The van der Waals surface area contributed by atoms with E-state index in [1.807, 2.05) is 36.4 Å². The van der Waals surface area contributed by atoms with Crippen molar-refractivity contribution in [3.8, 4) is 39.7 Å². The molecule has 1 fully saturated rings. The number of hydrogen-bond donors (Lipinski definition) is 2. The summed E-state index contributed by atoms with van der Waals surface area (Å²) in [6.45, 7) is 0.506. The van der Waals surface area contributed by atoms with Gasteiger partial charge in [0.15, 0.2) is 11.5 Å². The average Bonchev–Trinajstić information content (AvgIpc) is 3.68. The molecule has 0 radical (unpaired) electrons. The molecule has 0 atom stereocenters. The van der Waals surface area contributed by atoms with Crippen LogP contribution in [0, 0.1) is 5.82 Å². The highest BCUT2D eigenvalue weighted by atomic mass is 19.3. The van der Waals surface area contributed by atoms with E-state index in [0.717, 1.165) is 27.7 Å². The Kier molecular flexibility index (Phi) is 5.97. The third-order valence-electron chi connectivity index (χ3n) is 7.31. The second kappa shape index (κ2) is 9.70. The van der Waals surface area contributed by atoms with Crippen LogP contribution in [0.2, 0.25) is 0 Å². The van der Waals surface area contributed by atoms with E-state index in [-0.39, 0.29) is 13.0 Å². The lowest BCUT2D eigenvalue weighted by Gasteiger charge is -2.15. The van der Waals surface area contributed by atoms with E-state index in [0.29, 0.717) is 52.6 Å². The van der Waals surface area contributed by atoms with E-state index in [1.165, 1.54) is 19.2 Å². The highest BCUT2D eigenvalue weighted by Crippen LogP contribution is 2.34. The Morgan fingerprint density at radius 1 is 0.976 bits per heavy atom. The van der Waals surface area contributed by atoms with Crippen LogP contribution < -0.4 is 4.74 Å². The highest BCUT2D eigenvalue weighted by Gasteiger charge is 2.37. The Labute approximate surface area is 232 Å². The van der Waals surface area contributed by atoms with Crippen LogP contribution in [0.4, 0.5) is 13.2 Å². The highest BCUT2D eigenvalue weighted by molar-refractivity contribution is 5.96. The van der Waals surface area contributed by atoms with Crippen LogP contribution in [-0.4, -0.2) is 61.2 Å². The fourth-order valence-electron chi connectivity index (χ4n) is 5.35. The van der Waals surface area contributed by atoms with E-state index in [4.69, 9.17) is 14.7 Å². The molecule has 0 aliphatic carbocycles. The first-order chi connectivity index (χ1) is 19.8. The number of rotatable bonds is 6. The number of nitrogens with zero attached hydrogens (tertiary/aromatic N) is 5. The predicted octanol–water partition coefficient (Wildman–Crippen LogP) is 6.22. The molecule has 206 valence electrons. The Hall–Kier alpha value is -4.77. The van der Waals surface area contributed by atoms with Crippen LogP contribution in [-0.2, 0) is 6.54 Å². The van der Waals surface area contributed by atoms with Gasteiger partial charge in [-0.05, 0) is 47.5 Å². The number of aromatic amines is 2. The van der Waals surface area contributed by atoms with Gasteiger partial charge >= 0.3 is 0 Å². The Morgan fingerprint density at radius 2 is 1.88 bits per heavy atom. The molecule has 8 nitrogen and oxygen atoms in total. The minimum atomic E-state index is -2.64. The lowest BCUT2D eigenvalue weighted by molar-refractivity contribution is 0.0115. The first kappa shape index (κ1) is 25.2. The van der Waals surface area contributed by atoms with Gasteiger partial charge in [-0.2, -0.15) is 5.10 Å². The third-order valence-corrected chi connectivity index (χ3v) is 7.31. The van der Waals surface area contributed by atoms with E-state index >= 15 is 0 Å². The maximum Gasteiger partial charge on any atom is 0.261 e. The van der Waals surface area contributed by atoms with Crippen molar-refractivity contribution in [1.82, 2.24) is 35.0 Å². The molecule has 0 bridgehead atoms. The number of nitrogens with one attached hydrogen (secondary N) is 2. The maximum absolute atomic E-state index is 14.3. The van der Waals surface area contributed by atoms with Crippen molar-refractivity contribution in [2.45, 2.75) is 18.9 Å².